The first kappa shape index (κ1) is 16.9. The molecule has 0 aliphatic rings. The summed E-state index contributed by atoms with van der Waals surface area (Å²) in [5, 5.41) is 9.72. The molecule has 1 unspecified atom stereocenters. The summed E-state index contributed by atoms with van der Waals surface area (Å²) in [4.78, 5) is 17.0. The van der Waals surface area contributed by atoms with Gasteiger partial charge in [0.1, 0.15) is 5.82 Å². The molecule has 1 aromatic carbocycles. The summed E-state index contributed by atoms with van der Waals surface area (Å²) in [6.07, 6.45) is 6.86. The number of H-pyrrole nitrogens is 1. The first-order valence-corrected chi connectivity index (χ1v) is 8.47. The highest BCUT2D eigenvalue weighted by Gasteiger charge is 2.24. The Morgan fingerprint density at radius 1 is 1.16 bits per heavy atom. The lowest BCUT2D eigenvalue weighted by Gasteiger charge is -2.19. The fraction of sp³-hybridized carbons (Fsp3) is 0.250. The van der Waals surface area contributed by atoms with Gasteiger partial charge in [-0.25, -0.2) is 4.98 Å². The van der Waals surface area contributed by atoms with Crippen LogP contribution < -0.4 is 5.32 Å². The molecule has 0 aliphatic heterocycles. The topological polar surface area (TPSA) is 70.7 Å². The summed E-state index contributed by atoms with van der Waals surface area (Å²) < 4.78 is 0. The largest absolute Gasteiger partial charge is 0.310 e. The minimum Gasteiger partial charge on any atom is -0.310 e. The number of carbonyl (C=O) groups is 1. The quantitative estimate of drug-likeness (QED) is 0.690. The molecule has 3 aromatic rings. The number of pyridine rings is 1. The maximum absolute atomic E-state index is 12.8. The van der Waals surface area contributed by atoms with Crippen molar-refractivity contribution in [2.24, 2.45) is 5.92 Å². The zero-order valence-electron chi connectivity index (χ0n) is 14.2. The second-order valence-corrected chi connectivity index (χ2v) is 6.32. The van der Waals surface area contributed by atoms with E-state index in [1.807, 2.05) is 30.3 Å². The number of anilines is 1. The Balaban J connectivity index is 1.70. The van der Waals surface area contributed by atoms with Crippen LogP contribution in [0.2, 0.25) is 0 Å². The Bertz CT molecular complexity index is 772. The number of nitrogens with zero attached hydrogens (tertiary/aromatic N) is 2. The summed E-state index contributed by atoms with van der Waals surface area (Å²) in [6, 6.07) is 15.8. The van der Waals surface area contributed by atoms with Gasteiger partial charge in [0, 0.05) is 18.0 Å². The summed E-state index contributed by atoms with van der Waals surface area (Å²) in [5.74, 6) is 0.605. The first-order valence-electron chi connectivity index (χ1n) is 8.47. The van der Waals surface area contributed by atoms with Gasteiger partial charge in [-0.05, 0) is 36.5 Å². The van der Waals surface area contributed by atoms with E-state index in [4.69, 9.17) is 0 Å². The maximum Gasteiger partial charge on any atom is 0.233 e. The molecular weight excluding hydrogens is 312 g/mol. The molecule has 0 aliphatic carbocycles. The zero-order valence-corrected chi connectivity index (χ0v) is 14.2. The molecule has 2 aromatic heterocycles. The van der Waals surface area contributed by atoms with Crippen LogP contribution in [0.15, 0.2) is 67.1 Å². The number of aromatic nitrogens is 3. The highest BCUT2D eigenvalue weighted by Crippen LogP contribution is 2.26. The van der Waals surface area contributed by atoms with Crippen molar-refractivity contribution in [3.05, 3.63) is 78.2 Å². The van der Waals surface area contributed by atoms with Gasteiger partial charge in [0.25, 0.3) is 0 Å². The van der Waals surface area contributed by atoms with Gasteiger partial charge in [-0.15, -0.1) is 0 Å². The van der Waals surface area contributed by atoms with E-state index in [2.05, 4.69) is 39.6 Å². The third-order valence-electron chi connectivity index (χ3n) is 4.22. The number of benzene rings is 1. The van der Waals surface area contributed by atoms with Crippen LogP contribution >= 0.6 is 0 Å². The Kier molecular flexibility index (Phi) is 5.57. The van der Waals surface area contributed by atoms with Gasteiger partial charge in [-0.3, -0.25) is 9.89 Å². The van der Waals surface area contributed by atoms with E-state index in [1.54, 1.807) is 24.7 Å². The van der Waals surface area contributed by atoms with Gasteiger partial charge in [-0.1, -0.05) is 43.3 Å². The molecule has 2 N–H and O–H groups in total. The number of aromatic amines is 1. The van der Waals surface area contributed by atoms with Crippen molar-refractivity contribution in [1.82, 2.24) is 15.2 Å². The van der Waals surface area contributed by atoms with Crippen LogP contribution in [-0.4, -0.2) is 21.1 Å². The Morgan fingerprint density at radius 3 is 2.64 bits per heavy atom. The SMILES string of the molecule is CC(Cc1ccccc1)C[C@H](C(=O)Nc1ccccn1)c1cn[nH]c1. The van der Waals surface area contributed by atoms with Crippen molar-refractivity contribution >= 4 is 11.7 Å². The van der Waals surface area contributed by atoms with Gasteiger partial charge < -0.3 is 5.32 Å². The molecule has 5 nitrogen and oxygen atoms in total. The fourth-order valence-corrected chi connectivity index (χ4v) is 3.00. The normalized spacial score (nSPS) is 13.2. The molecule has 1 amide bonds. The zero-order chi connectivity index (χ0) is 17.5. The van der Waals surface area contributed by atoms with Crippen molar-refractivity contribution in [3.63, 3.8) is 0 Å². The summed E-state index contributed by atoms with van der Waals surface area (Å²) in [7, 11) is 0. The molecule has 0 saturated carbocycles. The first-order chi connectivity index (χ1) is 12.2. The standard InChI is InChI=1S/C20H22N4O/c1-15(11-16-7-3-2-4-8-16)12-18(17-13-22-23-14-17)20(25)24-19-9-5-6-10-21-19/h2-10,13-15,18H,11-12H2,1H3,(H,22,23)(H,21,24,25)/t15?,18-/m0/s1. The highest BCUT2D eigenvalue weighted by molar-refractivity contribution is 5.95. The number of hydrogen-bond acceptors (Lipinski definition) is 3. The number of hydrogen-bond donors (Lipinski definition) is 2. The van der Waals surface area contributed by atoms with E-state index in [-0.39, 0.29) is 11.8 Å². The van der Waals surface area contributed by atoms with Crippen molar-refractivity contribution in [3.8, 4) is 0 Å². The molecular formula is C20H22N4O. The van der Waals surface area contributed by atoms with Crippen LogP contribution in [0.3, 0.4) is 0 Å². The minimum absolute atomic E-state index is 0.0555. The van der Waals surface area contributed by atoms with Gasteiger partial charge in [0.05, 0.1) is 12.1 Å². The van der Waals surface area contributed by atoms with E-state index in [9.17, 15) is 4.79 Å². The molecule has 0 fully saturated rings. The third kappa shape index (κ3) is 4.76. The van der Waals surface area contributed by atoms with Crippen LogP contribution in [-0.2, 0) is 11.2 Å². The predicted octanol–water partition coefficient (Wildman–Crippen LogP) is 3.80. The predicted molar refractivity (Wildman–Crippen MR) is 98.1 cm³/mol. The van der Waals surface area contributed by atoms with E-state index < -0.39 is 0 Å². The highest BCUT2D eigenvalue weighted by atomic mass is 16.1. The number of carbonyl (C=O) groups excluding carboxylic acids is 1. The fourth-order valence-electron chi connectivity index (χ4n) is 3.00. The van der Waals surface area contributed by atoms with Crippen LogP contribution in [0.25, 0.3) is 0 Å². The van der Waals surface area contributed by atoms with E-state index >= 15 is 0 Å². The van der Waals surface area contributed by atoms with Gasteiger partial charge in [-0.2, -0.15) is 5.10 Å². The summed E-state index contributed by atoms with van der Waals surface area (Å²) in [5.41, 5.74) is 2.18. The molecule has 2 atom stereocenters. The van der Waals surface area contributed by atoms with Crippen molar-refractivity contribution in [1.29, 1.82) is 0 Å². The smallest absolute Gasteiger partial charge is 0.233 e. The van der Waals surface area contributed by atoms with Crippen LogP contribution in [0, 0.1) is 5.92 Å². The van der Waals surface area contributed by atoms with E-state index in [0.717, 1.165) is 18.4 Å². The molecule has 0 radical (unpaired) electrons. The van der Waals surface area contributed by atoms with Gasteiger partial charge >= 0.3 is 0 Å². The summed E-state index contributed by atoms with van der Waals surface area (Å²) >= 11 is 0. The monoisotopic (exact) mass is 334 g/mol. The average Bonchev–Trinajstić information content (AvgIpc) is 3.15. The molecule has 0 spiro atoms. The van der Waals surface area contributed by atoms with E-state index in [0.29, 0.717) is 11.7 Å². The van der Waals surface area contributed by atoms with Crippen molar-refractivity contribution < 1.29 is 4.79 Å². The third-order valence-corrected chi connectivity index (χ3v) is 4.22. The van der Waals surface area contributed by atoms with Gasteiger partial charge in [0.15, 0.2) is 0 Å². The lowest BCUT2D eigenvalue weighted by molar-refractivity contribution is -0.118. The Labute approximate surface area is 147 Å². The van der Waals surface area contributed by atoms with E-state index in [1.165, 1.54) is 5.56 Å². The lowest BCUT2D eigenvalue weighted by atomic mass is 9.87. The molecule has 5 heteroatoms. The summed E-state index contributed by atoms with van der Waals surface area (Å²) in [6.45, 7) is 2.17. The number of nitrogens with one attached hydrogen (secondary N) is 2. The molecule has 2 heterocycles. The second-order valence-electron chi connectivity index (χ2n) is 6.32. The molecule has 3 rings (SSSR count). The molecule has 25 heavy (non-hydrogen) atoms. The lowest BCUT2D eigenvalue weighted by Crippen LogP contribution is -2.23. The molecule has 128 valence electrons. The minimum atomic E-state index is -0.264. The number of amides is 1. The second kappa shape index (κ2) is 8.24. The Morgan fingerprint density at radius 2 is 1.96 bits per heavy atom. The average molecular weight is 334 g/mol. The number of rotatable bonds is 7. The van der Waals surface area contributed by atoms with Crippen molar-refractivity contribution in [2.45, 2.75) is 25.7 Å². The molecule has 0 bridgehead atoms. The maximum atomic E-state index is 12.8. The van der Waals surface area contributed by atoms with Crippen molar-refractivity contribution in [2.75, 3.05) is 5.32 Å². The van der Waals surface area contributed by atoms with Gasteiger partial charge in [0.2, 0.25) is 5.91 Å². The van der Waals surface area contributed by atoms with Crippen LogP contribution in [0.5, 0.6) is 0 Å². The Hall–Kier alpha value is -2.95. The van der Waals surface area contributed by atoms with Crippen LogP contribution in [0.1, 0.15) is 30.4 Å². The molecule has 0 saturated heterocycles. The van der Waals surface area contributed by atoms with Crippen LogP contribution in [0.4, 0.5) is 5.82 Å².